The molecule has 0 bridgehead atoms. The standard InChI is InChI=1S/C14H13ClN2O3/c1-7-4-9(15)5-8-6-17(14(20)12(7)8)10-2-3-11(18)16-13(10)19/h4-5,10H,2-3,6H2,1H3,(H,16,18,19). The van der Waals surface area contributed by atoms with Crippen molar-refractivity contribution in [2.24, 2.45) is 0 Å². The maximum atomic E-state index is 12.5. The first kappa shape index (κ1) is 13.1. The summed E-state index contributed by atoms with van der Waals surface area (Å²) in [5.41, 5.74) is 2.27. The van der Waals surface area contributed by atoms with Gasteiger partial charge >= 0.3 is 0 Å². The number of hydrogen-bond acceptors (Lipinski definition) is 3. The van der Waals surface area contributed by atoms with Gasteiger partial charge in [-0.1, -0.05) is 11.6 Å². The van der Waals surface area contributed by atoms with Crippen LogP contribution in [0.2, 0.25) is 5.02 Å². The fourth-order valence-corrected chi connectivity index (χ4v) is 3.17. The Morgan fingerprint density at radius 1 is 1.30 bits per heavy atom. The van der Waals surface area contributed by atoms with Crippen molar-refractivity contribution in [1.82, 2.24) is 10.2 Å². The van der Waals surface area contributed by atoms with Crippen LogP contribution in [-0.2, 0) is 16.1 Å². The molecule has 0 saturated carbocycles. The molecule has 1 fully saturated rings. The Kier molecular flexibility index (Phi) is 3.01. The van der Waals surface area contributed by atoms with Gasteiger partial charge in [0.15, 0.2) is 0 Å². The van der Waals surface area contributed by atoms with E-state index in [2.05, 4.69) is 5.32 Å². The van der Waals surface area contributed by atoms with Gasteiger partial charge in [0.05, 0.1) is 0 Å². The highest BCUT2D eigenvalue weighted by Crippen LogP contribution is 2.31. The summed E-state index contributed by atoms with van der Waals surface area (Å²) in [6, 6.07) is 2.92. The van der Waals surface area contributed by atoms with Crippen molar-refractivity contribution >= 4 is 29.3 Å². The maximum absolute atomic E-state index is 12.5. The van der Waals surface area contributed by atoms with E-state index >= 15 is 0 Å². The van der Waals surface area contributed by atoms with Crippen LogP contribution in [0, 0.1) is 6.92 Å². The van der Waals surface area contributed by atoms with Gasteiger partial charge in [0, 0.05) is 23.6 Å². The van der Waals surface area contributed by atoms with E-state index in [1.165, 1.54) is 4.90 Å². The Labute approximate surface area is 120 Å². The predicted octanol–water partition coefficient (Wildman–Crippen LogP) is 1.41. The Hall–Kier alpha value is -1.88. The van der Waals surface area contributed by atoms with E-state index in [4.69, 9.17) is 11.6 Å². The minimum atomic E-state index is -0.578. The number of nitrogens with one attached hydrogen (secondary N) is 1. The van der Waals surface area contributed by atoms with Crippen molar-refractivity contribution < 1.29 is 14.4 Å². The van der Waals surface area contributed by atoms with Gasteiger partial charge < -0.3 is 4.90 Å². The Morgan fingerprint density at radius 2 is 2.05 bits per heavy atom. The number of hydrogen-bond donors (Lipinski definition) is 1. The van der Waals surface area contributed by atoms with E-state index in [9.17, 15) is 14.4 Å². The number of aryl methyl sites for hydroxylation is 1. The molecule has 1 aromatic rings. The molecular weight excluding hydrogens is 280 g/mol. The van der Waals surface area contributed by atoms with Gasteiger partial charge in [0.2, 0.25) is 11.8 Å². The van der Waals surface area contributed by atoms with Crippen LogP contribution in [-0.4, -0.2) is 28.7 Å². The third kappa shape index (κ3) is 1.98. The van der Waals surface area contributed by atoms with Gasteiger partial charge in [-0.15, -0.1) is 0 Å². The maximum Gasteiger partial charge on any atom is 0.255 e. The molecule has 0 aromatic heterocycles. The van der Waals surface area contributed by atoms with Crippen molar-refractivity contribution in [2.75, 3.05) is 0 Å². The number of piperidine rings is 1. The first-order chi connectivity index (χ1) is 9.47. The fourth-order valence-electron chi connectivity index (χ4n) is 2.87. The largest absolute Gasteiger partial charge is 0.322 e. The second-order valence-corrected chi connectivity index (χ2v) is 5.59. The lowest BCUT2D eigenvalue weighted by atomic mass is 10.0. The second-order valence-electron chi connectivity index (χ2n) is 5.16. The molecule has 1 N–H and O–H groups in total. The molecule has 5 nitrogen and oxygen atoms in total. The zero-order chi connectivity index (χ0) is 14.4. The van der Waals surface area contributed by atoms with Crippen LogP contribution in [0.5, 0.6) is 0 Å². The van der Waals surface area contributed by atoms with Gasteiger partial charge in [-0.05, 0) is 36.6 Å². The zero-order valence-electron chi connectivity index (χ0n) is 10.9. The molecule has 20 heavy (non-hydrogen) atoms. The number of fused-ring (bicyclic) bond motifs is 1. The van der Waals surface area contributed by atoms with Crippen LogP contribution < -0.4 is 5.32 Å². The Bertz CT molecular complexity index is 642. The molecule has 2 heterocycles. The normalized spacial score (nSPS) is 22.0. The summed E-state index contributed by atoms with van der Waals surface area (Å²) < 4.78 is 0. The number of carbonyl (C=O) groups excluding carboxylic acids is 3. The van der Waals surface area contributed by atoms with Crippen molar-refractivity contribution in [2.45, 2.75) is 32.4 Å². The number of imide groups is 1. The van der Waals surface area contributed by atoms with E-state index in [1.54, 1.807) is 12.1 Å². The highest BCUT2D eigenvalue weighted by atomic mass is 35.5. The van der Waals surface area contributed by atoms with Crippen molar-refractivity contribution in [3.63, 3.8) is 0 Å². The number of rotatable bonds is 1. The fraction of sp³-hybridized carbons (Fsp3) is 0.357. The smallest absolute Gasteiger partial charge is 0.255 e. The number of nitrogens with zero attached hydrogens (tertiary/aromatic N) is 1. The lowest BCUT2D eigenvalue weighted by Crippen LogP contribution is -2.52. The Balaban J connectivity index is 1.92. The number of amides is 3. The van der Waals surface area contributed by atoms with Crippen molar-refractivity contribution in [3.8, 4) is 0 Å². The average Bonchev–Trinajstić information content (AvgIpc) is 2.66. The monoisotopic (exact) mass is 292 g/mol. The molecule has 2 aliphatic heterocycles. The molecule has 6 heteroatoms. The predicted molar refractivity (Wildman–Crippen MR) is 72.2 cm³/mol. The van der Waals surface area contributed by atoms with Crippen LogP contribution in [0.25, 0.3) is 0 Å². The highest BCUT2D eigenvalue weighted by molar-refractivity contribution is 6.31. The van der Waals surface area contributed by atoms with Crippen molar-refractivity contribution in [3.05, 3.63) is 33.8 Å². The summed E-state index contributed by atoms with van der Waals surface area (Å²) in [6.45, 7) is 2.19. The summed E-state index contributed by atoms with van der Waals surface area (Å²) >= 11 is 6.00. The average molecular weight is 293 g/mol. The lowest BCUT2D eigenvalue weighted by Gasteiger charge is -2.29. The topological polar surface area (TPSA) is 66.5 Å². The molecule has 104 valence electrons. The molecule has 3 amide bonds. The van der Waals surface area contributed by atoms with E-state index in [-0.39, 0.29) is 18.2 Å². The summed E-state index contributed by atoms with van der Waals surface area (Å²) in [7, 11) is 0. The van der Waals surface area contributed by atoms with Crippen LogP contribution in [0.3, 0.4) is 0 Å². The zero-order valence-corrected chi connectivity index (χ0v) is 11.7. The summed E-state index contributed by atoms with van der Waals surface area (Å²) in [6.07, 6.45) is 0.632. The van der Waals surface area contributed by atoms with Crippen molar-refractivity contribution in [1.29, 1.82) is 0 Å². The van der Waals surface area contributed by atoms with Crippen LogP contribution >= 0.6 is 11.6 Å². The molecule has 0 spiro atoms. The van der Waals surface area contributed by atoms with Gasteiger partial charge in [0.25, 0.3) is 5.91 Å². The van der Waals surface area contributed by atoms with Crippen LogP contribution in [0.1, 0.15) is 34.3 Å². The number of halogens is 1. The molecule has 1 aromatic carbocycles. The third-order valence-corrected chi connectivity index (χ3v) is 4.00. The number of carbonyl (C=O) groups is 3. The van der Waals surface area contributed by atoms with E-state index < -0.39 is 11.9 Å². The molecular formula is C14H13ClN2O3. The minimum Gasteiger partial charge on any atom is -0.322 e. The molecule has 0 radical (unpaired) electrons. The van der Waals surface area contributed by atoms with Crippen LogP contribution in [0.4, 0.5) is 0 Å². The van der Waals surface area contributed by atoms with Gasteiger partial charge in [-0.2, -0.15) is 0 Å². The van der Waals surface area contributed by atoms with E-state index in [1.807, 2.05) is 6.92 Å². The Morgan fingerprint density at radius 3 is 2.75 bits per heavy atom. The summed E-state index contributed by atoms with van der Waals surface area (Å²) in [5, 5.41) is 2.86. The quantitative estimate of drug-likeness (QED) is 0.796. The van der Waals surface area contributed by atoms with E-state index in [0.29, 0.717) is 23.6 Å². The SMILES string of the molecule is Cc1cc(Cl)cc2c1C(=O)N(C1CCC(=O)NC1=O)C2. The lowest BCUT2D eigenvalue weighted by molar-refractivity contribution is -0.136. The summed E-state index contributed by atoms with van der Waals surface area (Å²) in [5.74, 6) is -0.843. The second kappa shape index (κ2) is 4.59. The highest BCUT2D eigenvalue weighted by Gasteiger charge is 2.39. The van der Waals surface area contributed by atoms with Crippen LogP contribution in [0.15, 0.2) is 12.1 Å². The molecule has 1 unspecified atom stereocenters. The van der Waals surface area contributed by atoms with Gasteiger partial charge in [-0.3, -0.25) is 19.7 Å². The molecule has 1 saturated heterocycles. The molecule has 0 aliphatic carbocycles. The minimum absolute atomic E-state index is 0.163. The van der Waals surface area contributed by atoms with Gasteiger partial charge in [0.1, 0.15) is 6.04 Å². The molecule has 1 atom stereocenters. The number of benzene rings is 1. The molecule has 3 rings (SSSR count). The first-order valence-corrected chi connectivity index (χ1v) is 6.79. The van der Waals surface area contributed by atoms with E-state index in [0.717, 1.165) is 11.1 Å². The first-order valence-electron chi connectivity index (χ1n) is 6.41. The van der Waals surface area contributed by atoms with Gasteiger partial charge in [-0.25, -0.2) is 0 Å². The summed E-state index contributed by atoms with van der Waals surface area (Å²) in [4.78, 5) is 37.1. The molecule has 2 aliphatic rings. The third-order valence-electron chi connectivity index (χ3n) is 3.78.